The molecule has 6 aliphatic heterocycles. The number of amides is 2. The van der Waals surface area contributed by atoms with Crippen LogP contribution in [0.3, 0.4) is 0 Å². The standard InChI is InChI=1S/C56H91N2O54P3/c59-5-1-27(72)57-31-45(101-29(74)2-6-60)34(77)25(99-50(31)112-115(92,93)94)15-97-49-32(58-28(73)3-7-95-17-65)46(102-30(75)4-8-96-18-66)44(110-113(86,87)88)26(100-49)16-98-55(53(82)83)10-24(107-56(54(84)85)9-19(67)33(76)40(108-56)21(69)12-62)43(42(109-55)23(71)14-64)105-52-38(81)47(48(111-114(89,90)91)41(104-52)22(70)13-63)106-51-37(80)35(78)36(79)39(103-51)20(68)11-61/h17-26,31-52,59-64,67-71,76-81H,1-16H2,(H,57,72)(H,58,73)(H,82,83)(H,84,85)(H2,86,87,88)(H2,89,90,91)(H2,92,93,94)/p-8/t19-,20+,21-,22+,23-,24-,25-,26-,31-,32-,33-,34-,35+,36+,37+,38+,39-,40-,41-,42-,43-,44-,45-,46-,47-,48-,49-,50-,51-,52-,55-,56-/m1/s1. The van der Waals surface area contributed by atoms with Crippen molar-refractivity contribution in [3.05, 3.63) is 0 Å². The number of carbonyl (C=O) groups excluding carboxylic acids is 8. The van der Waals surface area contributed by atoms with Gasteiger partial charge in [-0.1, -0.05) is 0 Å². The van der Waals surface area contributed by atoms with Gasteiger partial charge in [0.2, 0.25) is 23.4 Å². The van der Waals surface area contributed by atoms with Gasteiger partial charge in [-0.25, -0.2) is 0 Å². The zero-order valence-corrected chi connectivity index (χ0v) is 61.5. The van der Waals surface area contributed by atoms with E-state index in [-0.39, 0.29) is 12.9 Å². The summed E-state index contributed by atoms with van der Waals surface area (Å²) in [5.41, 5.74) is 0. The molecule has 0 aromatic carbocycles. The highest BCUT2D eigenvalue weighted by atomic mass is 31.2. The van der Waals surface area contributed by atoms with Gasteiger partial charge in [0.1, 0.15) is 153 Å². The average Bonchev–Trinajstić information content (AvgIpc) is 0.745. The molecule has 0 bridgehead atoms. The number of phosphoric acid groups is 3. The van der Waals surface area contributed by atoms with Crippen molar-refractivity contribution < 1.29 is 263 Å². The number of rotatable bonds is 44. The normalized spacial score (nSPS) is 37.2. The summed E-state index contributed by atoms with van der Waals surface area (Å²) in [6, 6.07) is -4.85. The molecule has 6 saturated heterocycles. The van der Waals surface area contributed by atoms with Crippen LogP contribution in [0.15, 0.2) is 0 Å². The van der Waals surface area contributed by atoms with Gasteiger partial charge in [-0.2, -0.15) is 0 Å². The van der Waals surface area contributed by atoms with Gasteiger partial charge in [-0.3, -0.25) is 28.8 Å². The van der Waals surface area contributed by atoms with Gasteiger partial charge in [-0.05, 0) is 0 Å². The molecular formula is C56H83N2O54P3-8. The van der Waals surface area contributed by atoms with Gasteiger partial charge >= 0.3 is 11.9 Å². The van der Waals surface area contributed by atoms with Gasteiger partial charge in [0.15, 0.2) is 37.4 Å². The molecule has 2 amide bonds. The van der Waals surface area contributed by atoms with Crippen molar-refractivity contribution in [3.63, 3.8) is 0 Å². The van der Waals surface area contributed by atoms with Gasteiger partial charge in [0.25, 0.3) is 12.9 Å². The predicted molar refractivity (Wildman–Crippen MR) is 324 cm³/mol. The van der Waals surface area contributed by atoms with Crippen LogP contribution < -0.4 is 50.2 Å². The number of aliphatic hydroxyl groups excluding tert-OH is 17. The Hall–Kier alpha value is -5.03. The number of carbonyl (C=O) groups is 8. The van der Waals surface area contributed by atoms with Crippen LogP contribution in [0, 0.1) is 0 Å². The van der Waals surface area contributed by atoms with E-state index in [0.717, 1.165) is 0 Å². The molecule has 56 nitrogen and oxygen atoms in total. The summed E-state index contributed by atoms with van der Waals surface area (Å²) in [5.74, 6) is -19.5. The Morgan fingerprint density at radius 3 is 1.50 bits per heavy atom. The lowest BCUT2D eigenvalue weighted by Crippen LogP contribution is -2.72. The molecule has 115 heavy (non-hydrogen) atoms. The zero-order valence-electron chi connectivity index (χ0n) is 58.8. The van der Waals surface area contributed by atoms with Crippen molar-refractivity contribution in [1.29, 1.82) is 0 Å². The summed E-state index contributed by atoms with van der Waals surface area (Å²) < 4.78 is 134. The van der Waals surface area contributed by atoms with E-state index in [1.807, 2.05) is 5.32 Å². The van der Waals surface area contributed by atoms with Crippen LogP contribution >= 0.6 is 23.5 Å². The van der Waals surface area contributed by atoms with Crippen LogP contribution in [0.2, 0.25) is 0 Å². The largest absolute Gasteiger partial charge is 0.790 e. The molecule has 0 aromatic rings. The molecule has 59 heteroatoms. The van der Waals surface area contributed by atoms with Crippen LogP contribution in [0.25, 0.3) is 0 Å². The monoisotopic (exact) mass is 1740 g/mol. The molecule has 0 spiro atoms. The van der Waals surface area contributed by atoms with Gasteiger partial charge in [-0.15, -0.1) is 0 Å². The number of aliphatic hydroxyl groups is 17. The highest BCUT2D eigenvalue weighted by molar-refractivity contribution is 7.43. The maximum Gasteiger partial charge on any atom is 0.309 e. The van der Waals surface area contributed by atoms with E-state index in [4.69, 9.17) is 66.1 Å². The third-order valence-corrected chi connectivity index (χ3v) is 19.3. The molecule has 6 rings (SSSR count). The lowest BCUT2D eigenvalue weighted by Gasteiger charge is -2.55. The summed E-state index contributed by atoms with van der Waals surface area (Å²) in [7, 11) is -19.8. The van der Waals surface area contributed by atoms with E-state index in [1.165, 1.54) is 0 Å². The third kappa shape index (κ3) is 26.2. The van der Waals surface area contributed by atoms with Crippen molar-refractivity contribution >= 4 is 72.1 Å². The Labute approximate surface area is 644 Å². The van der Waals surface area contributed by atoms with Crippen LogP contribution in [-0.2, 0) is 137 Å². The number of hydrogen-bond acceptors (Lipinski definition) is 54. The lowest BCUT2D eigenvalue weighted by atomic mass is 9.89. The Bertz CT molecular complexity index is 3320. The number of carboxylic acids is 2. The number of esters is 2. The van der Waals surface area contributed by atoms with Crippen LogP contribution in [-0.4, -0.2) is 397 Å². The molecule has 6 aliphatic rings. The van der Waals surface area contributed by atoms with Gasteiger partial charge in [0.05, 0.1) is 114 Å². The summed E-state index contributed by atoms with van der Waals surface area (Å²) >= 11 is 0. The maximum atomic E-state index is 14.2. The summed E-state index contributed by atoms with van der Waals surface area (Å²) in [6.45, 7) is -13.9. The highest BCUT2D eigenvalue weighted by Gasteiger charge is 2.63. The van der Waals surface area contributed by atoms with Crippen molar-refractivity contribution in [3.8, 4) is 0 Å². The topological polar surface area (TPSA) is 906 Å². The Morgan fingerprint density at radius 1 is 0.461 bits per heavy atom. The lowest BCUT2D eigenvalue weighted by molar-refractivity contribution is -0.433. The van der Waals surface area contributed by atoms with Gasteiger partial charge in [0, 0.05) is 19.3 Å². The molecule has 32 atom stereocenters. The SMILES string of the molecule is O=COCCC(=O)N[C@H]1[C@H](OC[C@H]2O[C@H](OP(=O)([O-])[O-])[C@H](NC(=O)CCO)[C@@H](OC(=O)CCO)[C@@H]2O)O[C@H](CO[C@]2(C(=O)[O-])C[C@@H](O[C@]3(C(=O)[O-])C[C@@H](O)[C@@H](O)[C@@H]([C@H](O)CO)O3)[C@@H](O[C@H]3O[C@H]([C@@H](O)CO)[C@@H](OP(=O)([O-])[O-])[C@H](O[C@H]4O[C@H]([C@@H](O)CO)[C@@H](O)[C@H](O)[C@@H]4O)[C@@H]3O)[C@@H]([C@H](O)CO)O2)[C@@H](OP(=O)([O-])[O-])[C@@H]1OC(=O)CCOC=O. The first-order valence-corrected chi connectivity index (χ1v) is 38.2. The van der Waals surface area contributed by atoms with Crippen LogP contribution in [0.4, 0.5) is 0 Å². The van der Waals surface area contributed by atoms with Crippen molar-refractivity contribution in [2.24, 2.45) is 0 Å². The molecule has 0 saturated carbocycles. The van der Waals surface area contributed by atoms with Crippen molar-refractivity contribution in [1.82, 2.24) is 10.6 Å². The summed E-state index contributed by atoms with van der Waals surface area (Å²) in [6.07, 6.45) is -83.2. The van der Waals surface area contributed by atoms with E-state index in [9.17, 15) is 178 Å². The van der Waals surface area contributed by atoms with Gasteiger partial charge < -0.3 is 245 Å². The Kier molecular flexibility index (Phi) is 37.3. The summed E-state index contributed by atoms with van der Waals surface area (Å²) in [5, 5.41) is 214. The smallest absolute Gasteiger partial charge is 0.309 e. The molecule has 0 aromatic heterocycles. The molecule has 0 radical (unpaired) electrons. The first kappa shape index (κ1) is 98.8. The molecule has 664 valence electrons. The minimum atomic E-state index is -6.82. The zero-order chi connectivity index (χ0) is 86.2. The number of hydrogen-bond donors (Lipinski definition) is 19. The fourth-order valence-electron chi connectivity index (χ4n) is 12.5. The van der Waals surface area contributed by atoms with E-state index in [0.29, 0.717) is 0 Å². The van der Waals surface area contributed by atoms with Crippen molar-refractivity contribution in [2.45, 2.75) is 234 Å². The number of nitrogens with one attached hydrogen (secondary N) is 2. The second-order valence-corrected chi connectivity index (χ2v) is 29.1. The van der Waals surface area contributed by atoms with Crippen LogP contribution in [0.5, 0.6) is 0 Å². The summed E-state index contributed by atoms with van der Waals surface area (Å²) in [4.78, 5) is 179. The third-order valence-electron chi connectivity index (χ3n) is 17.8. The maximum absolute atomic E-state index is 14.2. The minimum absolute atomic E-state index is 0.188. The molecule has 0 unspecified atom stereocenters. The number of aliphatic carboxylic acids is 2. The van der Waals surface area contributed by atoms with Crippen LogP contribution in [0.1, 0.15) is 38.5 Å². The van der Waals surface area contributed by atoms with E-state index in [2.05, 4.69) is 23.8 Å². The quantitative estimate of drug-likeness (QED) is 0.00885. The molecule has 6 fully saturated rings. The minimum Gasteiger partial charge on any atom is -0.790 e. The first-order valence-electron chi connectivity index (χ1n) is 33.8. The molecular weight excluding hydrogens is 1660 g/mol. The Morgan fingerprint density at radius 2 is 0.939 bits per heavy atom. The molecule has 6 heterocycles. The second-order valence-electron chi connectivity index (χ2n) is 25.8. The van der Waals surface area contributed by atoms with E-state index in [1.54, 1.807) is 0 Å². The number of carboxylic acid groups (broad SMARTS) is 2. The second kappa shape index (κ2) is 43.5. The highest BCUT2D eigenvalue weighted by Crippen LogP contribution is 2.46. The average molecular weight is 1740 g/mol. The van der Waals surface area contributed by atoms with Crippen molar-refractivity contribution in [2.75, 3.05) is 66.1 Å². The number of ether oxygens (including phenoxy) is 15. The molecule has 19 N–H and O–H groups in total. The number of phosphoric ester groups is 3. The fourth-order valence-corrected chi connectivity index (χ4v) is 14.0. The van der Waals surface area contributed by atoms with E-state index < -0.39 is 359 Å². The molecule has 0 aliphatic carbocycles. The van der Waals surface area contributed by atoms with E-state index >= 15 is 0 Å². The first-order chi connectivity index (χ1) is 53.8. The Balaban J connectivity index is 1.57. The predicted octanol–water partition coefficient (Wildman–Crippen LogP) is -22.6. The fraction of sp³-hybridized carbons (Fsp3) is 0.857.